The van der Waals surface area contributed by atoms with E-state index in [-0.39, 0.29) is 23.5 Å². The highest BCUT2D eigenvalue weighted by atomic mass is 35.5. The number of nitrogens with zero attached hydrogens (tertiary/aromatic N) is 3. The van der Waals surface area contributed by atoms with E-state index >= 15 is 0 Å². The molecule has 0 aliphatic carbocycles. The highest BCUT2D eigenvalue weighted by Gasteiger charge is 2.06. The molecule has 1 aromatic rings. The Balaban J connectivity index is 2.62. The van der Waals surface area contributed by atoms with Gasteiger partial charge in [-0.15, -0.1) is 0 Å². The lowest BCUT2D eigenvalue weighted by Gasteiger charge is -2.07. The van der Waals surface area contributed by atoms with Crippen LogP contribution in [-0.4, -0.2) is 48.5 Å². The number of halogens is 1. The third-order valence-electron chi connectivity index (χ3n) is 1.90. The molecule has 102 valence electrons. The van der Waals surface area contributed by atoms with Gasteiger partial charge >= 0.3 is 0 Å². The summed E-state index contributed by atoms with van der Waals surface area (Å²) in [4.78, 5) is 11.8. The minimum absolute atomic E-state index is 0.00796. The lowest BCUT2D eigenvalue weighted by molar-refractivity contribution is 0.602. The Hall–Kier alpha value is -1.15. The van der Waals surface area contributed by atoms with Gasteiger partial charge in [0.25, 0.3) is 0 Å². The summed E-state index contributed by atoms with van der Waals surface area (Å²) in [5, 5.41) is 5.83. The lowest BCUT2D eigenvalue weighted by atomic mass is 10.5. The van der Waals surface area contributed by atoms with Crippen LogP contribution in [0.5, 0.6) is 0 Å². The van der Waals surface area contributed by atoms with Crippen molar-refractivity contribution < 1.29 is 8.42 Å². The first-order valence-electron chi connectivity index (χ1n) is 5.48. The predicted octanol–water partition coefficient (Wildman–Crippen LogP) is 0.803. The fourth-order valence-corrected chi connectivity index (χ4v) is 1.73. The second kappa shape index (κ2) is 6.69. The van der Waals surface area contributed by atoms with Crippen molar-refractivity contribution in [3.8, 4) is 0 Å². The SMILES string of the molecule is CCCNc1nc(Cl)nc(NCCS(C)(=O)=O)n1. The van der Waals surface area contributed by atoms with Crippen molar-refractivity contribution in [2.24, 2.45) is 0 Å². The first-order valence-corrected chi connectivity index (χ1v) is 7.91. The van der Waals surface area contributed by atoms with E-state index in [0.717, 1.165) is 13.0 Å². The molecule has 18 heavy (non-hydrogen) atoms. The van der Waals surface area contributed by atoms with E-state index in [1.54, 1.807) is 0 Å². The number of rotatable bonds is 7. The normalized spacial score (nSPS) is 11.3. The van der Waals surface area contributed by atoms with Gasteiger partial charge in [-0.25, -0.2) is 8.42 Å². The van der Waals surface area contributed by atoms with Gasteiger partial charge in [0.05, 0.1) is 5.75 Å². The van der Waals surface area contributed by atoms with E-state index in [1.807, 2.05) is 6.92 Å². The fourth-order valence-electron chi connectivity index (χ4n) is 1.09. The zero-order valence-corrected chi connectivity index (χ0v) is 11.8. The van der Waals surface area contributed by atoms with Crippen LogP contribution in [0.25, 0.3) is 0 Å². The molecule has 0 atom stereocenters. The Bertz CT molecular complexity index is 494. The van der Waals surface area contributed by atoms with Gasteiger partial charge in [0.15, 0.2) is 0 Å². The molecule has 0 aromatic carbocycles. The van der Waals surface area contributed by atoms with Gasteiger partial charge in [-0.3, -0.25) is 0 Å². The number of hydrogen-bond acceptors (Lipinski definition) is 7. The summed E-state index contributed by atoms with van der Waals surface area (Å²) in [7, 11) is -3.01. The minimum Gasteiger partial charge on any atom is -0.354 e. The Morgan fingerprint density at radius 1 is 1.11 bits per heavy atom. The zero-order valence-electron chi connectivity index (χ0n) is 10.3. The van der Waals surface area contributed by atoms with E-state index in [2.05, 4.69) is 25.6 Å². The first kappa shape index (κ1) is 14.9. The van der Waals surface area contributed by atoms with Crippen LogP contribution in [0.15, 0.2) is 0 Å². The van der Waals surface area contributed by atoms with Crippen LogP contribution in [0, 0.1) is 0 Å². The monoisotopic (exact) mass is 293 g/mol. The average Bonchev–Trinajstić information content (AvgIpc) is 2.24. The van der Waals surface area contributed by atoms with Crippen LogP contribution >= 0.6 is 11.6 Å². The minimum atomic E-state index is -3.01. The predicted molar refractivity (Wildman–Crippen MR) is 71.8 cm³/mol. The summed E-state index contributed by atoms with van der Waals surface area (Å²) in [6.45, 7) is 2.97. The molecule has 1 heterocycles. The second-order valence-corrected chi connectivity index (χ2v) is 6.33. The Morgan fingerprint density at radius 2 is 1.67 bits per heavy atom. The number of hydrogen-bond donors (Lipinski definition) is 2. The molecule has 0 saturated carbocycles. The zero-order chi connectivity index (χ0) is 13.6. The van der Waals surface area contributed by atoms with E-state index < -0.39 is 9.84 Å². The number of nitrogens with one attached hydrogen (secondary N) is 2. The molecule has 0 saturated heterocycles. The van der Waals surface area contributed by atoms with E-state index in [1.165, 1.54) is 6.26 Å². The standard InChI is InChI=1S/C9H16ClN5O2S/c1-3-4-11-8-13-7(10)14-9(15-8)12-5-6-18(2,16)17/h3-6H2,1-2H3,(H2,11,12,13,14,15). The number of anilines is 2. The van der Waals surface area contributed by atoms with Crippen molar-refractivity contribution >= 4 is 33.3 Å². The molecule has 0 spiro atoms. The van der Waals surface area contributed by atoms with Crippen molar-refractivity contribution in [1.82, 2.24) is 15.0 Å². The van der Waals surface area contributed by atoms with Crippen LogP contribution in [-0.2, 0) is 9.84 Å². The average molecular weight is 294 g/mol. The van der Waals surface area contributed by atoms with Crippen LogP contribution in [0.1, 0.15) is 13.3 Å². The summed E-state index contributed by atoms with van der Waals surface area (Å²) in [6, 6.07) is 0. The summed E-state index contributed by atoms with van der Waals surface area (Å²) in [5.41, 5.74) is 0. The smallest absolute Gasteiger partial charge is 0.228 e. The molecule has 0 aliphatic rings. The third-order valence-corrected chi connectivity index (χ3v) is 3.01. The molecule has 0 aliphatic heterocycles. The Kier molecular flexibility index (Phi) is 5.54. The molecule has 9 heteroatoms. The van der Waals surface area contributed by atoms with Crippen LogP contribution in [0.2, 0.25) is 5.28 Å². The molecule has 7 nitrogen and oxygen atoms in total. The maximum Gasteiger partial charge on any atom is 0.228 e. The van der Waals surface area contributed by atoms with E-state index in [9.17, 15) is 8.42 Å². The molecule has 1 aromatic heterocycles. The maximum absolute atomic E-state index is 11.0. The van der Waals surface area contributed by atoms with Gasteiger partial charge in [0.1, 0.15) is 9.84 Å². The summed E-state index contributed by atoms with van der Waals surface area (Å²) >= 11 is 5.74. The van der Waals surface area contributed by atoms with Crippen molar-refractivity contribution in [3.63, 3.8) is 0 Å². The lowest BCUT2D eigenvalue weighted by Crippen LogP contribution is -2.16. The first-order chi connectivity index (χ1) is 8.40. The summed E-state index contributed by atoms with van der Waals surface area (Å²) in [6.07, 6.45) is 2.10. The van der Waals surface area contributed by atoms with E-state index in [0.29, 0.717) is 5.95 Å². The van der Waals surface area contributed by atoms with Crippen molar-refractivity contribution in [2.45, 2.75) is 13.3 Å². The topological polar surface area (TPSA) is 96.9 Å². The molecule has 0 bridgehead atoms. The van der Waals surface area contributed by atoms with Gasteiger partial charge in [-0.2, -0.15) is 15.0 Å². The third kappa shape index (κ3) is 5.97. The van der Waals surface area contributed by atoms with E-state index in [4.69, 9.17) is 11.6 Å². The molecule has 1 rings (SSSR count). The van der Waals surface area contributed by atoms with Crippen LogP contribution in [0.4, 0.5) is 11.9 Å². The highest BCUT2D eigenvalue weighted by Crippen LogP contribution is 2.09. The fraction of sp³-hybridized carbons (Fsp3) is 0.667. The summed E-state index contributed by atoms with van der Waals surface area (Å²) in [5.74, 6) is 0.643. The van der Waals surface area contributed by atoms with Gasteiger partial charge in [0.2, 0.25) is 17.2 Å². The van der Waals surface area contributed by atoms with Crippen molar-refractivity contribution in [3.05, 3.63) is 5.28 Å². The largest absolute Gasteiger partial charge is 0.354 e. The van der Waals surface area contributed by atoms with Gasteiger partial charge in [0, 0.05) is 19.3 Å². The molecule has 2 N–H and O–H groups in total. The quantitative estimate of drug-likeness (QED) is 0.767. The Labute approximate surface area is 111 Å². The molecule has 0 fully saturated rings. The number of sulfone groups is 1. The van der Waals surface area contributed by atoms with Crippen LogP contribution in [0.3, 0.4) is 0 Å². The maximum atomic E-state index is 11.0. The summed E-state index contributed by atoms with van der Waals surface area (Å²) < 4.78 is 21.9. The molecule has 0 radical (unpaired) electrons. The van der Waals surface area contributed by atoms with Crippen LogP contribution < -0.4 is 10.6 Å². The Morgan fingerprint density at radius 3 is 2.17 bits per heavy atom. The second-order valence-electron chi connectivity index (χ2n) is 3.74. The molecule has 0 unspecified atom stereocenters. The van der Waals surface area contributed by atoms with Crippen molar-refractivity contribution in [2.75, 3.05) is 35.7 Å². The number of aromatic nitrogens is 3. The molecular weight excluding hydrogens is 278 g/mol. The van der Waals surface area contributed by atoms with Gasteiger partial charge < -0.3 is 10.6 Å². The van der Waals surface area contributed by atoms with Gasteiger partial charge in [-0.05, 0) is 18.0 Å². The van der Waals surface area contributed by atoms with Gasteiger partial charge in [-0.1, -0.05) is 6.92 Å². The van der Waals surface area contributed by atoms with Crippen molar-refractivity contribution in [1.29, 1.82) is 0 Å². The molecule has 0 amide bonds. The highest BCUT2D eigenvalue weighted by molar-refractivity contribution is 7.90. The molecular formula is C9H16ClN5O2S.